The van der Waals surface area contributed by atoms with E-state index in [-0.39, 0.29) is 18.0 Å². The number of methoxy groups -OCH3 is 1. The maximum Gasteiger partial charge on any atom is 0.178 e. The van der Waals surface area contributed by atoms with Gasteiger partial charge in [-0.25, -0.2) is 4.39 Å². The van der Waals surface area contributed by atoms with Gasteiger partial charge in [-0.3, -0.25) is 0 Å². The fourth-order valence-corrected chi connectivity index (χ4v) is 1.65. The number of hydrogen-bond donors (Lipinski definition) is 1. The van der Waals surface area contributed by atoms with E-state index < -0.39 is 5.82 Å². The van der Waals surface area contributed by atoms with Crippen LogP contribution in [0, 0.1) is 5.82 Å². The zero-order chi connectivity index (χ0) is 13.0. The van der Waals surface area contributed by atoms with E-state index in [4.69, 9.17) is 15.2 Å². The quantitative estimate of drug-likeness (QED) is 0.845. The van der Waals surface area contributed by atoms with Crippen LogP contribution >= 0.6 is 0 Å². The fourth-order valence-electron chi connectivity index (χ4n) is 1.65. The molecule has 0 aliphatic carbocycles. The van der Waals surface area contributed by atoms with Crippen molar-refractivity contribution in [3.05, 3.63) is 53.8 Å². The number of benzene rings is 2. The second-order valence-electron chi connectivity index (χ2n) is 3.76. The highest BCUT2D eigenvalue weighted by Gasteiger charge is 2.09. The molecule has 0 fully saturated rings. The molecule has 2 N–H and O–H groups in total. The lowest BCUT2D eigenvalue weighted by Gasteiger charge is -2.12. The van der Waals surface area contributed by atoms with E-state index in [9.17, 15) is 4.39 Å². The number of rotatable bonds is 4. The first-order chi connectivity index (χ1) is 8.72. The molecule has 0 aliphatic rings. The molecule has 3 nitrogen and oxygen atoms in total. The van der Waals surface area contributed by atoms with Gasteiger partial charge in [0.2, 0.25) is 0 Å². The second kappa shape index (κ2) is 5.40. The van der Waals surface area contributed by atoms with Crippen LogP contribution in [0.3, 0.4) is 0 Å². The zero-order valence-electron chi connectivity index (χ0n) is 10.0. The molecule has 0 spiro atoms. The largest absolute Gasteiger partial charge is 0.496 e. The molecule has 0 heterocycles. The van der Waals surface area contributed by atoms with Crippen molar-refractivity contribution in [2.45, 2.75) is 6.61 Å². The summed E-state index contributed by atoms with van der Waals surface area (Å²) < 4.78 is 24.1. The van der Waals surface area contributed by atoms with Gasteiger partial charge in [0.05, 0.1) is 12.8 Å². The maximum absolute atomic E-state index is 13.5. The highest BCUT2D eigenvalue weighted by atomic mass is 19.1. The number of hydrogen-bond acceptors (Lipinski definition) is 3. The molecule has 0 unspecified atom stereocenters. The number of nitrogens with two attached hydrogens (primary N) is 1. The Labute approximate surface area is 105 Å². The lowest BCUT2D eigenvalue weighted by Crippen LogP contribution is -2.02. The van der Waals surface area contributed by atoms with Gasteiger partial charge in [0.1, 0.15) is 12.4 Å². The minimum Gasteiger partial charge on any atom is -0.496 e. The predicted molar refractivity (Wildman–Crippen MR) is 68.1 cm³/mol. The monoisotopic (exact) mass is 247 g/mol. The van der Waals surface area contributed by atoms with Crippen LogP contribution in [0.1, 0.15) is 5.56 Å². The van der Waals surface area contributed by atoms with Crippen molar-refractivity contribution >= 4 is 5.69 Å². The van der Waals surface area contributed by atoms with Crippen molar-refractivity contribution in [1.29, 1.82) is 0 Å². The van der Waals surface area contributed by atoms with Crippen molar-refractivity contribution < 1.29 is 13.9 Å². The lowest BCUT2D eigenvalue weighted by molar-refractivity contribution is 0.284. The molecule has 0 saturated heterocycles. The molecule has 0 saturated carbocycles. The minimum absolute atomic E-state index is 0.0726. The van der Waals surface area contributed by atoms with Gasteiger partial charge in [0.15, 0.2) is 11.6 Å². The summed E-state index contributed by atoms with van der Waals surface area (Å²) >= 11 is 0. The summed E-state index contributed by atoms with van der Waals surface area (Å²) in [7, 11) is 1.58. The van der Waals surface area contributed by atoms with Gasteiger partial charge in [0, 0.05) is 5.56 Å². The van der Waals surface area contributed by atoms with Crippen molar-refractivity contribution in [3.63, 3.8) is 0 Å². The van der Waals surface area contributed by atoms with Gasteiger partial charge in [0.25, 0.3) is 0 Å². The summed E-state index contributed by atoms with van der Waals surface area (Å²) in [6.07, 6.45) is 0. The summed E-state index contributed by atoms with van der Waals surface area (Å²) in [6.45, 7) is 0.204. The zero-order valence-corrected chi connectivity index (χ0v) is 10.0. The first kappa shape index (κ1) is 12.2. The Hall–Kier alpha value is -2.23. The van der Waals surface area contributed by atoms with Crippen LogP contribution in [0.15, 0.2) is 42.5 Å². The van der Waals surface area contributed by atoms with Gasteiger partial charge in [-0.1, -0.05) is 24.3 Å². The second-order valence-corrected chi connectivity index (χ2v) is 3.76. The molecule has 18 heavy (non-hydrogen) atoms. The molecular formula is C14H14FNO2. The van der Waals surface area contributed by atoms with E-state index in [0.717, 1.165) is 5.56 Å². The first-order valence-electron chi connectivity index (χ1n) is 5.51. The third kappa shape index (κ3) is 2.53. The highest BCUT2D eigenvalue weighted by molar-refractivity contribution is 5.53. The van der Waals surface area contributed by atoms with E-state index in [1.54, 1.807) is 19.2 Å². The van der Waals surface area contributed by atoms with Crippen LogP contribution in [0.4, 0.5) is 10.1 Å². The van der Waals surface area contributed by atoms with Crippen molar-refractivity contribution in [1.82, 2.24) is 0 Å². The van der Waals surface area contributed by atoms with Crippen LogP contribution in [0.25, 0.3) is 0 Å². The Morgan fingerprint density at radius 3 is 2.61 bits per heavy atom. The summed E-state index contributed by atoms with van der Waals surface area (Å²) in [5, 5.41) is 0. The fraction of sp³-hybridized carbons (Fsp3) is 0.143. The molecule has 0 radical (unpaired) electrons. The third-order valence-corrected chi connectivity index (χ3v) is 2.56. The molecule has 0 bridgehead atoms. The number of para-hydroxylation sites is 2. The van der Waals surface area contributed by atoms with Gasteiger partial charge < -0.3 is 15.2 Å². The Balaban J connectivity index is 2.16. The van der Waals surface area contributed by atoms with Gasteiger partial charge in [-0.05, 0) is 18.2 Å². The SMILES string of the molecule is COc1ccccc1COc1c(N)cccc1F. The molecule has 2 aromatic carbocycles. The molecule has 0 atom stereocenters. The van der Waals surface area contributed by atoms with E-state index >= 15 is 0 Å². The van der Waals surface area contributed by atoms with Crippen LogP contribution in [-0.2, 0) is 6.61 Å². The standard InChI is InChI=1S/C14H14FNO2/c1-17-13-8-3-2-5-10(13)9-18-14-11(15)6-4-7-12(14)16/h2-8H,9,16H2,1H3. The van der Waals surface area contributed by atoms with Crippen LogP contribution < -0.4 is 15.2 Å². The Morgan fingerprint density at radius 2 is 1.89 bits per heavy atom. The lowest BCUT2D eigenvalue weighted by atomic mass is 10.2. The molecule has 0 amide bonds. The molecule has 2 aromatic rings. The molecule has 2 rings (SSSR count). The van der Waals surface area contributed by atoms with Gasteiger partial charge >= 0.3 is 0 Å². The van der Waals surface area contributed by atoms with E-state index in [2.05, 4.69) is 0 Å². The smallest absolute Gasteiger partial charge is 0.178 e. The predicted octanol–water partition coefficient (Wildman–Crippen LogP) is 3.00. The highest BCUT2D eigenvalue weighted by Crippen LogP contribution is 2.27. The van der Waals surface area contributed by atoms with E-state index in [0.29, 0.717) is 5.75 Å². The summed E-state index contributed by atoms with van der Waals surface area (Å²) in [6, 6.07) is 11.9. The number of nitrogen functional groups attached to an aromatic ring is 1. The average molecular weight is 247 g/mol. The summed E-state index contributed by atoms with van der Waals surface area (Å²) in [5.74, 6) is 0.306. The summed E-state index contributed by atoms with van der Waals surface area (Å²) in [5.41, 5.74) is 6.78. The third-order valence-electron chi connectivity index (χ3n) is 2.56. The van der Waals surface area contributed by atoms with Crippen LogP contribution in [-0.4, -0.2) is 7.11 Å². The van der Waals surface area contributed by atoms with Crippen molar-refractivity contribution in [2.24, 2.45) is 0 Å². The van der Waals surface area contributed by atoms with Gasteiger partial charge in [-0.2, -0.15) is 0 Å². The minimum atomic E-state index is -0.468. The average Bonchev–Trinajstić information content (AvgIpc) is 2.38. The molecular weight excluding hydrogens is 233 g/mol. The number of ether oxygens (including phenoxy) is 2. The van der Waals surface area contributed by atoms with E-state index in [1.807, 2.05) is 24.3 Å². The Kier molecular flexibility index (Phi) is 3.67. The molecule has 0 aliphatic heterocycles. The summed E-state index contributed by atoms with van der Waals surface area (Å²) in [4.78, 5) is 0. The molecule has 94 valence electrons. The van der Waals surface area contributed by atoms with Gasteiger partial charge in [-0.15, -0.1) is 0 Å². The molecule has 0 aromatic heterocycles. The maximum atomic E-state index is 13.5. The normalized spacial score (nSPS) is 10.1. The molecule has 4 heteroatoms. The van der Waals surface area contributed by atoms with E-state index in [1.165, 1.54) is 6.07 Å². The number of halogens is 1. The van der Waals surface area contributed by atoms with Crippen molar-refractivity contribution in [2.75, 3.05) is 12.8 Å². The number of anilines is 1. The van der Waals surface area contributed by atoms with Crippen LogP contribution in [0.2, 0.25) is 0 Å². The topological polar surface area (TPSA) is 44.5 Å². The van der Waals surface area contributed by atoms with Crippen LogP contribution in [0.5, 0.6) is 11.5 Å². The van der Waals surface area contributed by atoms with Crippen molar-refractivity contribution in [3.8, 4) is 11.5 Å². The Bertz CT molecular complexity index is 523. The Morgan fingerprint density at radius 1 is 1.11 bits per heavy atom. The first-order valence-corrected chi connectivity index (χ1v) is 5.51.